The zero-order valence-electron chi connectivity index (χ0n) is 14.6. The van der Waals surface area contributed by atoms with Crippen molar-refractivity contribution in [2.45, 2.75) is 20.0 Å². The quantitative estimate of drug-likeness (QED) is 0.466. The maximum Gasteiger partial charge on any atom is 0.271 e. The van der Waals surface area contributed by atoms with E-state index in [-0.39, 0.29) is 11.8 Å². The van der Waals surface area contributed by atoms with Crippen molar-refractivity contribution in [3.8, 4) is 11.5 Å². The van der Waals surface area contributed by atoms with Crippen molar-refractivity contribution < 1.29 is 19.2 Å². The molecule has 0 unspecified atom stereocenters. The van der Waals surface area contributed by atoms with E-state index in [1.807, 2.05) is 13.8 Å². The fourth-order valence-corrected chi connectivity index (χ4v) is 2.07. The Hall–Kier alpha value is -3.42. The molecule has 26 heavy (non-hydrogen) atoms. The number of carbonyl (C=O) groups excluding carboxylic acids is 1. The van der Waals surface area contributed by atoms with Gasteiger partial charge in [0.05, 0.1) is 24.4 Å². The van der Waals surface area contributed by atoms with E-state index in [1.54, 1.807) is 18.2 Å². The lowest BCUT2D eigenvalue weighted by molar-refractivity contribution is -0.384. The summed E-state index contributed by atoms with van der Waals surface area (Å²) in [6.07, 6.45) is 1.38. The number of carbonyl (C=O) groups is 1. The van der Waals surface area contributed by atoms with Crippen LogP contribution in [0, 0.1) is 10.1 Å². The van der Waals surface area contributed by atoms with Gasteiger partial charge in [0.2, 0.25) is 0 Å². The normalized spacial score (nSPS) is 10.8. The molecule has 0 aliphatic heterocycles. The molecular weight excluding hydrogens is 338 g/mol. The van der Waals surface area contributed by atoms with Crippen molar-refractivity contribution in [2.24, 2.45) is 5.10 Å². The number of hydrazone groups is 1. The Labute approximate surface area is 150 Å². The standard InChI is InChI=1S/C18H19N3O5/c1-12(2)26-16-9-6-14(10-17(16)25-3)18(22)20-19-11-13-4-7-15(8-5-13)21(23)24/h4-12H,1-3H3,(H,20,22)/b19-11+. The number of rotatable bonds is 7. The number of hydrogen-bond acceptors (Lipinski definition) is 6. The van der Waals surface area contributed by atoms with Crippen LogP contribution in [-0.2, 0) is 0 Å². The first-order valence-corrected chi connectivity index (χ1v) is 7.83. The fraction of sp³-hybridized carbons (Fsp3) is 0.222. The Morgan fingerprint density at radius 2 is 1.88 bits per heavy atom. The molecule has 0 saturated carbocycles. The van der Waals surface area contributed by atoms with Crippen LogP contribution in [0.25, 0.3) is 0 Å². The number of non-ortho nitro benzene ring substituents is 1. The van der Waals surface area contributed by atoms with Gasteiger partial charge in [0.25, 0.3) is 11.6 Å². The summed E-state index contributed by atoms with van der Waals surface area (Å²) < 4.78 is 10.8. The number of amides is 1. The molecule has 0 aliphatic rings. The molecule has 2 rings (SSSR count). The first-order chi connectivity index (χ1) is 12.4. The maximum atomic E-state index is 12.2. The van der Waals surface area contributed by atoms with Crippen LogP contribution < -0.4 is 14.9 Å². The summed E-state index contributed by atoms with van der Waals surface area (Å²) in [7, 11) is 1.50. The fourth-order valence-electron chi connectivity index (χ4n) is 2.07. The Bertz CT molecular complexity index is 816. The van der Waals surface area contributed by atoms with Crippen molar-refractivity contribution in [2.75, 3.05) is 7.11 Å². The van der Waals surface area contributed by atoms with E-state index in [9.17, 15) is 14.9 Å². The third-order valence-corrected chi connectivity index (χ3v) is 3.27. The number of nitro groups is 1. The van der Waals surface area contributed by atoms with E-state index in [0.29, 0.717) is 22.6 Å². The average Bonchev–Trinajstić information content (AvgIpc) is 2.61. The van der Waals surface area contributed by atoms with Gasteiger partial charge >= 0.3 is 0 Å². The highest BCUT2D eigenvalue weighted by Crippen LogP contribution is 2.28. The Kier molecular flexibility index (Phi) is 6.26. The zero-order chi connectivity index (χ0) is 19.1. The van der Waals surface area contributed by atoms with Gasteiger partial charge in [-0.25, -0.2) is 5.43 Å². The molecule has 0 aromatic heterocycles. The van der Waals surface area contributed by atoms with Gasteiger partial charge in [0, 0.05) is 17.7 Å². The molecule has 2 aromatic rings. The van der Waals surface area contributed by atoms with Crippen molar-refractivity contribution in [3.63, 3.8) is 0 Å². The highest BCUT2D eigenvalue weighted by atomic mass is 16.6. The molecule has 8 nitrogen and oxygen atoms in total. The van der Waals surface area contributed by atoms with Gasteiger partial charge in [-0.2, -0.15) is 5.10 Å². The van der Waals surface area contributed by atoms with Crippen LogP contribution in [0.15, 0.2) is 47.6 Å². The zero-order valence-corrected chi connectivity index (χ0v) is 14.6. The largest absolute Gasteiger partial charge is 0.493 e. The molecule has 1 N–H and O–H groups in total. The van der Waals surface area contributed by atoms with Gasteiger partial charge in [-0.3, -0.25) is 14.9 Å². The molecule has 0 bridgehead atoms. The number of hydrogen-bond donors (Lipinski definition) is 1. The predicted octanol–water partition coefficient (Wildman–Crippen LogP) is 3.15. The second kappa shape index (κ2) is 8.61. The van der Waals surface area contributed by atoms with Crippen LogP contribution in [0.1, 0.15) is 29.8 Å². The highest BCUT2D eigenvalue weighted by Gasteiger charge is 2.11. The van der Waals surface area contributed by atoms with Gasteiger partial charge in [-0.1, -0.05) is 0 Å². The van der Waals surface area contributed by atoms with Crippen LogP contribution in [0.5, 0.6) is 11.5 Å². The summed E-state index contributed by atoms with van der Waals surface area (Å²) in [5.41, 5.74) is 3.36. The summed E-state index contributed by atoms with van der Waals surface area (Å²) in [6.45, 7) is 3.79. The molecule has 0 aliphatic carbocycles. The third kappa shape index (κ3) is 5.04. The molecule has 0 spiro atoms. The maximum absolute atomic E-state index is 12.2. The van der Waals surface area contributed by atoms with E-state index < -0.39 is 10.8 Å². The molecule has 136 valence electrons. The summed E-state index contributed by atoms with van der Waals surface area (Å²) in [6, 6.07) is 10.6. The van der Waals surface area contributed by atoms with Crippen LogP contribution in [-0.4, -0.2) is 30.3 Å². The van der Waals surface area contributed by atoms with E-state index in [0.717, 1.165) is 0 Å². The minimum atomic E-state index is -0.483. The third-order valence-electron chi connectivity index (χ3n) is 3.27. The van der Waals surface area contributed by atoms with E-state index in [2.05, 4.69) is 10.5 Å². The molecule has 2 aromatic carbocycles. The van der Waals surface area contributed by atoms with Gasteiger partial charge in [0.15, 0.2) is 11.5 Å². The van der Waals surface area contributed by atoms with Gasteiger partial charge in [0.1, 0.15) is 0 Å². The average molecular weight is 357 g/mol. The summed E-state index contributed by atoms with van der Waals surface area (Å²) in [4.78, 5) is 22.3. The number of ether oxygens (including phenoxy) is 2. The van der Waals surface area contributed by atoms with Gasteiger partial charge in [-0.15, -0.1) is 0 Å². The molecule has 0 heterocycles. The van der Waals surface area contributed by atoms with Gasteiger partial charge < -0.3 is 9.47 Å². The Balaban J connectivity index is 2.04. The van der Waals surface area contributed by atoms with Crippen molar-refractivity contribution in [3.05, 3.63) is 63.7 Å². The second-order valence-corrected chi connectivity index (χ2v) is 5.58. The lowest BCUT2D eigenvalue weighted by Gasteiger charge is -2.14. The number of nitrogens with one attached hydrogen (secondary N) is 1. The molecule has 0 atom stereocenters. The van der Waals surface area contributed by atoms with E-state index >= 15 is 0 Å². The first-order valence-electron chi connectivity index (χ1n) is 7.83. The first kappa shape index (κ1) is 18.9. The Morgan fingerprint density at radius 1 is 1.19 bits per heavy atom. The summed E-state index contributed by atoms with van der Waals surface area (Å²) in [5.74, 6) is 0.580. The van der Waals surface area contributed by atoms with Crippen molar-refractivity contribution in [1.29, 1.82) is 0 Å². The minimum Gasteiger partial charge on any atom is -0.493 e. The summed E-state index contributed by atoms with van der Waals surface area (Å²) >= 11 is 0. The van der Waals surface area contributed by atoms with Crippen LogP contribution in [0.3, 0.4) is 0 Å². The number of nitrogens with zero attached hydrogens (tertiary/aromatic N) is 2. The van der Waals surface area contributed by atoms with E-state index in [4.69, 9.17) is 9.47 Å². The molecule has 0 radical (unpaired) electrons. The molecule has 0 fully saturated rings. The van der Waals surface area contributed by atoms with Crippen molar-refractivity contribution >= 4 is 17.8 Å². The molecular formula is C18H19N3O5. The van der Waals surface area contributed by atoms with Gasteiger partial charge in [-0.05, 0) is 49.7 Å². The molecule has 0 saturated heterocycles. The van der Waals surface area contributed by atoms with E-state index in [1.165, 1.54) is 37.6 Å². The summed E-state index contributed by atoms with van der Waals surface area (Å²) in [5, 5.41) is 14.5. The second-order valence-electron chi connectivity index (χ2n) is 5.58. The van der Waals surface area contributed by atoms with Crippen LogP contribution in [0.2, 0.25) is 0 Å². The number of methoxy groups -OCH3 is 1. The minimum absolute atomic E-state index is 0.0120. The molecule has 1 amide bonds. The topological polar surface area (TPSA) is 103 Å². The number of benzene rings is 2. The SMILES string of the molecule is COc1cc(C(=O)N/N=C/c2ccc([N+](=O)[O-])cc2)ccc1OC(C)C. The lowest BCUT2D eigenvalue weighted by atomic mass is 10.2. The highest BCUT2D eigenvalue weighted by molar-refractivity contribution is 5.95. The predicted molar refractivity (Wildman–Crippen MR) is 96.9 cm³/mol. The molecule has 8 heteroatoms. The van der Waals surface area contributed by atoms with Crippen LogP contribution >= 0.6 is 0 Å². The van der Waals surface area contributed by atoms with Crippen LogP contribution in [0.4, 0.5) is 5.69 Å². The Morgan fingerprint density at radius 3 is 2.46 bits per heavy atom. The van der Waals surface area contributed by atoms with Crippen molar-refractivity contribution in [1.82, 2.24) is 5.43 Å². The number of nitro benzene ring substituents is 1. The smallest absolute Gasteiger partial charge is 0.271 e. The monoisotopic (exact) mass is 357 g/mol. The lowest BCUT2D eigenvalue weighted by Crippen LogP contribution is -2.18.